The van der Waals surface area contributed by atoms with E-state index in [9.17, 15) is 4.79 Å². The predicted octanol–water partition coefficient (Wildman–Crippen LogP) is 4.13. The van der Waals surface area contributed by atoms with E-state index in [0.717, 1.165) is 23.4 Å². The largest absolute Gasteiger partial charge is 0.493 e. The van der Waals surface area contributed by atoms with Crippen LogP contribution in [0.25, 0.3) is 0 Å². The Morgan fingerprint density at radius 2 is 1.84 bits per heavy atom. The van der Waals surface area contributed by atoms with Gasteiger partial charge in [0, 0.05) is 51.2 Å². The standard InChI is InChI=1S/C24H28N4O4/c1-25-24(28-20-6-3-7-21(16-20)31-15-5-13-30-2)26-17-18-9-11-19(12-10-18)27-23(29)22-8-4-14-32-22/h3-4,6-12,14,16H,5,13,15,17H2,1-2H3,(H,27,29)(H2,25,26,28). The number of ether oxygens (including phenoxy) is 2. The van der Waals surface area contributed by atoms with Gasteiger partial charge in [0.2, 0.25) is 0 Å². The summed E-state index contributed by atoms with van der Waals surface area (Å²) in [4.78, 5) is 16.3. The molecule has 0 aliphatic heterocycles. The number of carbonyl (C=O) groups excluding carboxylic acids is 1. The van der Waals surface area contributed by atoms with Crippen LogP contribution < -0.4 is 20.7 Å². The zero-order valence-corrected chi connectivity index (χ0v) is 18.3. The SMILES string of the molecule is CN=C(NCc1ccc(NC(=O)c2ccco2)cc1)Nc1cccc(OCCCOC)c1. The van der Waals surface area contributed by atoms with Crippen molar-refractivity contribution < 1.29 is 18.7 Å². The lowest BCUT2D eigenvalue weighted by Gasteiger charge is -2.13. The fraction of sp³-hybridized carbons (Fsp3) is 0.250. The van der Waals surface area contributed by atoms with E-state index >= 15 is 0 Å². The van der Waals surface area contributed by atoms with Crippen LogP contribution in [0.3, 0.4) is 0 Å². The number of hydrogen-bond donors (Lipinski definition) is 3. The first-order valence-corrected chi connectivity index (χ1v) is 10.3. The highest BCUT2D eigenvalue weighted by molar-refractivity contribution is 6.02. The minimum Gasteiger partial charge on any atom is -0.493 e. The molecule has 3 aromatic rings. The van der Waals surface area contributed by atoms with Crippen LogP contribution >= 0.6 is 0 Å². The van der Waals surface area contributed by atoms with E-state index in [4.69, 9.17) is 13.9 Å². The fourth-order valence-corrected chi connectivity index (χ4v) is 2.86. The van der Waals surface area contributed by atoms with Crippen molar-refractivity contribution in [3.05, 3.63) is 78.3 Å². The summed E-state index contributed by atoms with van der Waals surface area (Å²) < 4.78 is 15.9. The van der Waals surface area contributed by atoms with Crippen LogP contribution in [0.15, 0.2) is 76.3 Å². The Morgan fingerprint density at radius 3 is 2.56 bits per heavy atom. The maximum absolute atomic E-state index is 12.0. The molecule has 8 nitrogen and oxygen atoms in total. The smallest absolute Gasteiger partial charge is 0.291 e. The van der Waals surface area contributed by atoms with Gasteiger partial charge in [0.05, 0.1) is 12.9 Å². The van der Waals surface area contributed by atoms with Gasteiger partial charge in [-0.05, 0) is 42.0 Å². The highest BCUT2D eigenvalue weighted by Gasteiger charge is 2.08. The summed E-state index contributed by atoms with van der Waals surface area (Å²) in [6, 6.07) is 18.6. The topological polar surface area (TPSA) is 97.1 Å². The molecule has 168 valence electrons. The van der Waals surface area contributed by atoms with Crippen molar-refractivity contribution in [2.75, 3.05) is 38.0 Å². The highest BCUT2D eigenvalue weighted by atomic mass is 16.5. The van der Waals surface area contributed by atoms with Gasteiger partial charge >= 0.3 is 0 Å². The number of anilines is 2. The molecule has 0 unspecified atom stereocenters. The predicted molar refractivity (Wildman–Crippen MR) is 125 cm³/mol. The van der Waals surface area contributed by atoms with Crippen LogP contribution in [0.1, 0.15) is 22.5 Å². The molecule has 0 spiro atoms. The van der Waals surface area contributed by atoms with E-state index in [0.29, 0.717) is 31.4 Å². The van der Waals surface area contributed by atoms with Gasteiger partial charge < -0.3 is 29.8 Å². The van der Waals surface area contributed by atoms with Crippen LogP contribution in [0.5, 0.6) is 5.75 Å². The van der Waals surface area contributed by atoms with Crippen molar-refractivity contribution in [3.63, 3.8) is 0 Å². The molecule has 3 N–H and O–H groups in total. The molecule has 8 heteroatoms. The molecule has 2 aromatic carbocycles. The molecule has 0 radical (unpaired) electrons. The third kappa shape index (κ3) is 7.17. The molecule has 0 saturated heterocycles. The van der Waals surface area contributed by atoms with Crippen LogP contribution in [0.4, 0.5) is 11.4 Å². The molecule has 0 bridgehead atoms. The number of nitrogens with zero attached hydrogens (tertiary/aromatic N) is 1. The molecule has 0 aliphatic rings. The Hall–Kier alpha value is -3.78. The number of guanidine groups is 1. The summed E-state index contributed by atoms with van der Waals surface area (Å²) >= 11 is 0. The molecule has 3 rings (SSSR count). The lowest BCUT2D eigenvalue weighted by atomic mass is 10.2. The quantitative estimate of drug-likeness (QED) is 0.251. The highest BCUT2D eigenvalue weighted by Crippen LogP contribution is 2.18. The van der Waals surface area contributed by atoms with E-state index in [-0.39, 0.29) is 11.7 Å². The van der Waals surface area contributed by atoms with Crippen LogP contribution in [-0.2, 0) is 11.3 Å². The number of nitrogens with one attached hydrogen (secondary N) is 3. The lowest BCUT2D eigenvalue weighted by molar-refractivity contribution is 0.0996. The zero-order chi connectivity index (χ0) is 22.6. The van der Waals surface area contributed by atoms with Crippen molar-refractivity contribution in [1.29, 1.82) is 0 Å². The molecule has 32 heavy (non-hydrogen) atoms. The Bertz CT molecular complexity index is 1000. The number of furan rings is 1. The molecule has 1 aromatic heterocycles. The zero-order valence-electron chi connectivity index (χ0n) is 18.3. The van der Waals surface area contributed by atoms with Crippen LogP contribution in [-0.4, -0.2) is 39.2 Å². The monoisotopic (exact) mass is 436 g/mol. The van der Waals surface area contributed by atoms with Crippen molar-refractivity contribution in [1.82, 2.24) is 5.32 Å². The van der Waals surface area contributed by atoms with Crippen molar-refractivity contribution in [3.8, 4) is 5.75 Å². The molecule has 0 saturated carbocycles. The number of methoxy groups -OCH3 is 1. The van der Waals surface area contributed by atoms with Gasteiger partial charge in [-0.3, -0.25) is 9.79 Å². The third-order valence-corrected chi connectivity index (χ3v) is 4.50. The van der Waals surface area contributed by atoms with Gasteiger partial charge in [-0.1, -0.05) is 18.2 Å². The van der Waals surface area contributed by atoms with Gasteiger partial charge in [-0.15, -0.1) is 0 Å². The third-order valence-electron chi connectivity index (χ3n) is 4.50. The second kappa shape index (κ2) is 12.2. The second-order valence-electron chi connectivity index (χ2n) is 6.90. The number of carbonyl (C=O) groups is 1. The second-order valence-corrected chi connectivity index (χ2v) is 6.90. The summed E-state index contributed by atoms with van der Waals surface area (Å²) in [7, 11) is 3.39. The van der Waals surface area contributed by atoms with E-state index in [1.807, 2.05) is 48.5 Å². The minimum absolute atomic E-state index is 0.273. The van der Waals surface area contributed by atoms with Crippen molar-refractivity contribution >= 4 is 23.2 Å². The van der Waals surface area contributed by atoms with E-state index in [1.54, 1.807) is 26.3 Å². The van der Waals surface area contributed by atoms with Crippen molar-refractivity contribution in [2.45, 2.75) is 13.0 Å². The number of rotatable bonds is 10. The number of hydrogen-bond acceptors (Lipinski definition) is 5. The summed E-state index contributed by atoms with van der Waals surface area (Å²) in [6.45, 7) is 1.84. The summed E-state index contributed by atoms with van der Waals surface area (Å²) in [6.07, 6.45) is 2.31. The molecule has 1 heterocycles. The summed E-state index contributed by atoms with van der Waals surface area (Å²) in [5, 5.41) is 9.34. The van der Waals surface area contributed by atoms with Crippen molar-refractivity contribution in [2.24, 2.45) is 4.99 Å². The number of benzene rings is 2. The molecule has 0 atom stereocenters. The first-order chi connectivity index (χ1) is 15.7. The van der Waals surface area contributed by atoms with Crippen LogP contribution in [0.2, 0.25) is 0 Å². The Kier molecular flexibility index (Phi) is 8.70. The van der Waals surface area contributed by atoms with E-state index < -0.39 is 0 Å². The summed E-state index contributed by atoms with van der Waals surface area (Å²) in [5.41, 5.74) is 2.61. The normalized spacial score (nSPS) is 11.1. The van der Waals surface area contributed by atoms with Gasteiger partial charge in [0.1, 0.15) is 5.75 Å². The van der Waals surface area contributed by atoms with E-state index in [2.05, 4.69) is 20.9 Å². The molecule has 0 fully saturated rings. The van der Waals surface area contributed by atoms with Crippen LogP contribution in [0, 0.1) is 0 Å². The molecular formula is C24H28N4O4. The van der Waals surface area contributed by atoms with Gasteiger partial charge in [-0.2, -0.15) is 0 Å². The lowest BCUT2D eigenvalue weighted by Crippen LogP contribution is -2.30. The Morgan fingerprint density at radius 1 is 1.00 bits per heavy atom. The first-order valence-electron chi connectivity index (χ1n) is 10.3. The average molecular weight is 437 g/mol. The Labute approximate surface area is 187 Å². The number of aliphatic imine (C=N–C) groups is 1. The maximum Gasteiger partial charge on any atom is 0.291 e. The molecular weight excluding hydrogens is 408 g/mol. The average Bonchev–Trinajstić information content (AvgIpc) is 3.36. The molecule has 1 amide bonds. The summed E-state index contributed by atoms with van der Waals surface area (Å²) in [5.74, 6) is 1.41. The first kappa shape index (κ1) is 22.9. The molecule has 0 aliphatic carbocycles. The van der Waals surface area contributed by atoms with Gasteiger partial charge in [-0.25, -0.2) is 0 Å². The fourth-order valence-electron chi connectivity index (χ4n) is 2.86. The van der Waals surface area contributed by atoms with Gasteiger partial charge in [0.15, 0.2) is 11.7 Å². The minimum atomic E-state index is -0.282. The Balaban J connectivity index is 1.48. The van der Waals surface area contributed by atoms with Gasteiger partial charge in [0.25, 0.3) is 5.91 Å². The number of amides is 1. The van der Waals surface area contributed by atoms with E-state index in [1.165, 1.54) is 6.26 Å². The maximum atomic E-state index is 12.0.